The van der Waals surface area contributed by atoms with Gasteiger partial charge in [-0.05, 0) is 61.7 Å². The number of likely N-dealkylation sites (tertiary alicyclic amines) is 1. The number of piperidine rings is 1. The minimum Gasteiger partial charge on any atom is -0.348 e. The quantitative estimate of drug-likeness (QED) is 0.826. The van der Waals surface area contributed by atoms with Gasteiger partial charge in [-0.1, -0.05) is 37.3 Å². The van der Waals surface area contributed by atoms with Crippen molar-refractivity contribution in [2.45, 2.75) is 26.3 Å². The average Bonchev–Trinajstić information content (AvgIpc) is 2.69. The molecule has 27 heavy (non-hydrogen) atoms. The van der Waals surface area contributed by atoms with Gasteiger partial charge in [-0.15, -0.1) is 0 Å². The van der Waals surface area contributed by atoms with E-state index in [4.69, 9.17) is 0 Å². The molecule has 0 radical (unpaired) electrons. The zero-order chi connectivity index (χ0) is 19.1. The summed E-state index contributed by atoms with van der Waals surface area (Å²) in [6.07, 6.45) is 2.31. The van der Waals surface area contributed by atoms with Crippen LogP contribution in [0.3, 0.4) is 0 Å². The van der Waals surface area contributed by atoms with Crippen molar-refractivity contribution in [3.8, 4) is 0 Å². The molecule has 0 spiro atoms. The first-order valence-corrected chi connectivity index (χ1v) is 9.54. The summed E-state index contributed by atoms with van der Waals surface area (Å²) in [5, 5.41) is 5.81. The maximum atomic E-state index is 12.2. The molecule has 5 nitrogen and oxygen atoms in total. The summed E-state index contributed by atoms with van der Waals surface area (Å²) in [5.41, 5.74) is 2.35. The van der Waals surface area contributed by atoms with Gasteiger partial charge in [0.15, 0.2) is 0 Å². The van der Waals surface area contributed by atoms with E-state index in [9.17, 15) is 9.59 Å². The van der Waals surface area contributed by atoms with Crippen molar-refractivity contribution in [3.63, 3.8) is 0 Å². The van der Waals surface area contributed by atoms with Crippen LogP contribution in [0.25, 0.3) is 0 Å². The molecule has 2 aromatic rings. The first-order valence-electron chi connectivity index (χ1n) is 9.54. The number of hydrogen-bond donors (Lipinski definition) is 2. The molecule has 5 heteroatoms. The van der Waals surface area contributed by atoms with E-state index in [2.05, 4.69) is 22.5 Å². The molecule has 1 aliphatic heterocycles. The van der Waals surface area contributed by atoms with Crippen LogP contribution in [-0.4, -0.2) is 36.3 Å². The number of hydrogen-bond acceptors (Lipinski definition) is 3. The standard InChI is InChI=1S/C22H27N3O2/c1-17-11-13-25(14-12-17)16-21(26)24-20-9-7-19(8-10-20)22(27)23-15-18-5-3-2-4-6-18/h2-10,17H,11-16H2,1H3,(H,23,27)(H,24,26). The lowest BCUT2D eigenvalue weighted by atomic mass is 9.99. The summed E-state index contributed by atoms with van der Waals surface area (Å²) in [5.74, 6) is 0.620. The summed E-state index contributed by atoms with van der Waals surface area (Å²) >= 11 is 0. The number of carbonyl (C=O) groups excluding carboxylic acids is 2. The topological polar surface area (TPSA) is 61.4 Å². The van der Waals surface area contributed by atoms with Gasteiger partial charge in [0.1, 0.15) is 0 Å². The lowest BCUT2D eigenvalue weighted by Gasteiger charge is -2.29. The third kappa shape index (κ3) is 5.93. The second-order valence-corrected chi connectivity index (χ2v) is 7.25. The van der Waals surface area contributed by atoms with Crippen molar-refractivity contribution < 1.29 is 9.59 Å². The summed E-state index contributed by atoms with van der Waals surface area (Å²) in [4.78, 5) is 26.6. The van der Waals surface area contributed by atoms with Gasteiger partial charge >= 0.3 is 0 Å². The maximum Gasteiger partial charge on any atom is 0.251 e. The molecule has 2 aromatic carbocycles. The summed E-state index contributed by atoms with van der Waals surface area (Å²) in [6, 6.07) is 16.8. The zero-order valence-corrected chi connectivity index (χ0v) is 15.8. The van der Waals surface area contributed by atoms with Crippen molar-refractivity contribution in [3.05, 3.63) is 65.7 Å². The molecule has 1 aliphatic rings. The molecule has 1 heterocycles. The van der Waals surface area contributed by atoms with Gasteiger partial charge in [-0.3, -0.25) is 14.5 Å². The molecule has 0 unspecified atom stereocenters. The number of benzene rings is 2. The zero-order valence-electron chi connectivity index (χ0n) is 15.8. The van der Waals surface area contributed by atoms with Gasteiger partial charge in [0.2, 0.25) is 5.91 Å². The number of amides is 2. The number of carbonyl (C=O) groups is 2. The van der Waals surface area contributed by atoms with Crippen LogP contribution in [0.5, 0.6) is 0 Å². The van der Waals surface area contributed by atoms with Gasteiger partial charge < -0.3 is 10.6 Å². The summed E-state index contributed by atoms with van der Waals surface area (Å²) in [6.45, 7) is 5.14. The molecule has 0 aliphatic carbocycles. The third-order valence-electron chi connectivity index (χ3n) is 4.97. The SMILES string of the molecule is CC1CCN(CC(=O)Nc2ccc(C(=O)NCc3ccccc3)cc2)CC1. The van der Waals surface area contributed by atoms with Crippen LogP contribution in [0.4, 0.5) is 5.69 Å². The summed E-state index contributed by atoms with van der Waals surface area (Å²) < 4.78 is 0. The first kappa shape index (κ1) is 19.1. The van der Waals surface area contributed by atoms with E-state index in [1.165, 1.54) is 0 Å². The van der Waals surface area contributed by atoms with Crippen molar-refractivity contribution >= 4 is 17.5 Å². The minimum atomic E-state index is -0.126. The molecule has 2 N–H and O–H groups in total. The van der Waals surface area contributed by atoms with E-state index in [-0.39, 0.29) is 11.8 Å². The Labute approximate surface area is 160 Å². The fraction of sp³-hybridized carbons (Fsp3) is 0.364. The Hall–Kier alpha value is -2.66. The van der Waals surface area contributed by atoms with Crippen LogP contribution >= 0.6 is 0 Å². The van der Waals surface area contributed by atoms with Gasteiger partial charge in [0.25, 0.3) is 5.91 Å². The Morgan fingerprint density at radius 3 is 2.33 bits per heavy atom. The fourth-order valence-corrected chi connectivity index (χ4v) is 3.21. The molecule has 2 amide bonds. The Morgan fingerprint density at radius 2 is 1.67 bits per heavy atom. The number of nitrogens with one attached hydrogen (secondary N) is 2. The van der Waals surface area contributed by atoms with Crippen LogP contribution < -0.4 is 10.6 Å². The van der Waals surface area contributed by atoms with E-state index in [0.717, 1.165) is 37.4 Å². The molecular formula is C22H27N3O2. The highest BCUT2D eigenvalue weighted by atomic mass is 16.2. The van der Waals surface area contributed by atoms with Gasteiger partial charge in [-0.25, -0.2) is 0 Å². The van der Waals surface area contributed by atoms with Crippen molar-refractivity contribution in [2.75, 3.05) is 25.0 Å². The van der Waals surface area contributed by atoms with Crippen LogP contribution in [0.2, 0.25) is 0 Å². The van der Waals surface area contributed by atoms with Crippen molar-refractivity contribution in [1.82, 2.24) is 10.2 Å². The highest BCUT2D eigenvalue weighted by Gasteiger charge is 2.18. The smallest absolute Gasteiger partial charge is 0.251 e. The number of nitrogens with zero attached hydrogens (tertiary/aromatic N) is 1. The predicted octanol–water partition coefficient (Wildman–Crippen LogP) is 3.29. The van der Waals surface area contributed by atoms with Gasteiger partial charge in [0.05, 0.1) is 6.54 Å². The number of anilines is 1. The minimum absolute atomic E-state index is 0.00849. The lowest BCUT2D eigenvalue weighted by molar-refractivity contribution is -0.117. The lowest BCUT2D eigenvalue weighted by Crippen LogP contribution is -2.38. The third-order valence-corrected chi connectivity index (χ3v) is 4.97. The summed E-state index contributed by atoms with van der Waals surface area (Å²) in [7, 11) is 0. The Morgan fingerprint density at radius 1 is 1.00 bits per heavy atom. The van der Waals surface area contributed by atoms with E-state index < -0.39 is 0 Å². The van der Waals surface area contributed by atoms with E-state index >= 15 is 0 Å². The van der Waals surface area contributed by atoms with Crippen LogP contribution in [0.15, 0.2) is 54.6 Å². The molecule has 0 saturated carbocycles. The molecular weight excluding hydrogens is 338 g/mol. The van der Waals surface area contributed by atoms with E-state index in [1.54, 1.807) is 24.3 Å². The molecule has 1 saturated heterocycles. The van der Waals surface area contributed by atoms with E-state index in [0.29, 0.717) is 24.3 Å². The molecule has 1 fully saturated rings. The van der Waals surface area contributed by atoms with Gasteiger partial charge in [0, 0.05) is 17.8 Å². The molecule has 3 rings (SSSR count). The predicted molar refractivity (Wildman–Crippen MR) is 108 cm³/mol. The second-order valence-electron chi connectivity index (χ2n) is 7.25. The van der Waals surface area contributed by atoms with Crippen molar-refractivity contribution in [2.24, 2.45) is 5.92 Å². The monoisotopic (exact) mass is 365 g/mol. The first-order chi connectivity index (χ1) is 13.1. The molecule has 0 bridgehead atoms. The van der Waals surface area contributed by atoms with Crippen LogP contribution in [0.1, 0.15) is 35.7 Å². The van der Waals surface area contributed by atoms with Gasteiger partial charge in [-0.2, -0.15) is 0 Å². The second kappa shape index (κ2) is 9.33. The highest BCUT2D eigenvalue weighted by molar-refractivity contribution is 5.96. The van der Waals surface area contributed by atoms with Crippen molar-refractivity contribution in [1.29, 1.82) is 0 Å². The van der Waals surface area contributed by atoms with E-state index in [1.807, 2.05) is 30.3 Å². The maximum absolute atomic E-state index is 12.2. The highest BCUT2D eigenvalue weighted by Crippen LogP contribution is 2.16. The fourth-order valence-electron chi connectivity index (χ4n) is 3.21. The Kier molecular flexibility index (Phi) is 6.60. The van der Waals surface area contributed by atoms with Crippen LogP contribution in [0, 0.1) is 5.92 Å². The molecule has 0 aromatic heterocycles. The largest absolute Gasteiger partial charge is 0.348 e. The molecule has 142 valence electrons. The Bertz CT molecular complexity index is 751. The average molecular weight is 365 g/mol. The van der Waals surface area contributed by atoms with Crippen LogP contribution in [-0.2, 0) is 11.3 Å². The molecule has 0 atom stereocenters. The number of rotatable bonds is 6. The Balaban J connectivity index is 1.46. The normalized spacial score (nSPS) is 15.3.